The second kappa shape index (κ2) is 10.9. The molecule has 1 atom stereocenters. The van der Waals surface area contributed by atoms with Crippen molar-refractivity contribution in [2.24, 2.45) is 0 Å². The third kappa shape index (κ3) is 5.49. The predicted molar refractivity (Wildman–Crippen MR) is 135 cm³/mol. The molecule has 3 aromatic rings. The molecular formula is C28H28N2O6. The highest BCUT2D eigenvalue weighted by atomic mass is 16.5. The van der Waals surface area contributed by atoms with Gasteiger partial charge in [-0.15, -0.1) is 0 Å². The van der Waals surface area contributed by atoms with Crippen molar-refractivity contribution in [2.75, 3.05) is 32.3 Å². The van der Waals surface area contributed by atoms with E-state index in [-0.39, 0.29) is 30.8 Å². The van der Waals surface area contributed by atoms with Gasteiger partial charge in [0.1, 0.15) is 23.3 Å². The number of amides is 2. The molecule has 0 radical (unpaired) electrons. The van der Waals surface area contributed by atoms with Crippen LogP contribution >= 0.6 is 0 Å². The number of likely N-dealkylation sites (N-methyl/N-ethyl adjacent to an activating group) is 1. The molecule has 8 nitrogen and oxygen atoms in total. The molecule has 1 aliphatic heterocycles. The molecule has 0 fully saturated rings. The lowest BCUT2D eigenvalue weighted by Crippen LogP contribution is -2.51. The quantitative estimate of drug-likeness (QED) is 0.427. The van der Waals surface area contributed by atoms with Crippen LogP contribution in [0.4, 0.5) is 5.69 Å². The van der Waals surface area contributed by atoms with Gasteiger partial charge in [-0.05, 0) is 42.8 Å². The average Bonchev–Trinajstić information content (AvgIpc) is 2.91. The summed E-state index contributed by atoms with van der Waals surface area (Å²) in [6.45, 7) is 1.71. The summed E-state index contributed by atoms with van der Waals surface area (Å²) in [7, 11) is 3.26. The molecule has 0 N–H and O–H groups in total. The molecule has 8 heteroatoms. The average molecular weight is 489 g/mol. The number of hydrogen-bond donors (Lipinski definition) is 0. The maximum Gasteiger partial charge on any atom is 0.265 e. The molecule has 4 rings (SSSR count). The Balaban J connectivity index is 1.51. The molecule has 0 saturated heterocycles. The predicted octanol–water partition coefficient (Wildman–Crippen LogP) is 3.73. The standard InChI is InChI=1S/C28H28N2O6/c1-19(28(33)29(2)16-20-8-5-4-6-9-20)30-24-14-21(12-13-26(24)36-18-27(30)32)25(31)17-35-23-11-7-10-22(15-23)34-3/h4-15,19H,16-18H2,1-3H3. The van der Waals surface area contributed by atoms with Gasteiger partial charge in [-0.3, -0.25) is 19.3 Å². The zero-order valence-corrected chi connectivity index (χ0v) is 20.5. The number of nitrogens with zero attached hydrogens (tertiary/aromatic N) is 2. The van der Waals surface area contributed by atoms with Crippen LogP contribution in [0.2, 0.25) is 0 Å². The second-order valence-electron chi connectivity index (χ2n) is 8.48. The molecule has 1 aliphatic rings. The van der Waals surface area contributed by atoms with Gasteiger partial charge < -0.3 is 19.1 Å². The molecule has 0 saturated carbocycles. The third-order valence-corrected chi connectivity index (χ3v) is 5.95. The zero-order valence-electron chi connectivity index (χ0n) is 20.5. The first-order valence-electron chi connectivity index (χ1n) is 11.5. The lowest BCUT2D eigenvalue weighted by molar-refractivity contribution is -0.134. The maximum atomic E-state index is 13.2. The lowest BCUT2D eigenvalue weighted by Gasteiger charge is -2.35. The Morgan fingerprint density at radius 1 is 1.03 bits per heavy atom. The summed E-state index contributed by atoms with van der Waals surface area (Å²) in [4.78, 5) is 41.9. The fraction of sp³-hybridized carbons (Fsp3) is 0.250. The summed E-state index contributed by atoms with van der Waals surface area (Å²) in [6.07, 6.45) is 0. The Morgan fingerprint density at radius 2 is 1.78 bits per heavy atom. The Hall–Kier alpha value is -4.33. The van der Waals surface area contributed by atoms with E-state index < -0.39 is 6.04 Å². The van der Waals surface area contributed by atoms with E-state index >= 15 is 0 Å². The van der Waals surface area contributed by atoms with Gasteiger partial charge in [-0.2, -0.15) is 0 Å². The van der Waals surface area contributed by atoms with Gasteiger partial charge >= 0.3 is 0 Å². The van der Waals surface area contributed by atoms with E-state index in [0.717, 1.165) is 5.56 Å². The van der Waals surface area contributed by atoms with Gasteiger partial charge in [-0.1, -0.05) is 36.4 Å². The molecule has 0 aliphatic carbocycles. The molecular weight excluding hydrogens is 460 g/mol. The topological polar surface area (TPSA) is 85.4 Å². The largest absolute Gasteiger partial charge is 0.497 e. The number of methoxy groups -OCH3 is 1. The molecule has 36 heavy (non-hydrogen) atoms. The molecule has 1 heterocycles. The Kier molecular flexibility index (Phi) is 7.53. The van der Waals surface area contributed by atoms with Crippen molar-refractivity contribution in [3.63, 3.8) is 0 Å². The minimum absolute atomic E-state index is 0.181. The van der Waals surface area contributed by atoms with E-state index in [4.69, 9.17) is 14.2 Å². The number of fused-ring (bicyclic) bond motifs is 1. The van der Waals surface area contributed by atoms with Gasteiger partial charge in [0, 0.05) is 25.2 Å². The number of hydrogen-bond acceptors (Lipinski definition) is 6. The van der Waals surface area contributed by atoms with Crippen LogP contribution in [-0.4, -0.2) is 55.9 Å². The van der Waals surface area contributed by atoms with Crippen molar-refractivity contribution in [3.05, 3.63) is 83.9 Å². The fourth-order valence-corrected chi connectivity index (χ4v) is 4.06. The first kappa shape index (κ1) is 24.8. The second-order valence-corrected chi connectivity index (χ2v) is 8.48. The lowest BCUT2D eigenvalue weighted by atomic mass is 10.1. The molecule has 2 amide bonds. The van der Waals surface area contributed by atoms with E-state index in [1.807, 2.05) is 30.3 Å². The van der Waals surface area contributed by atoms with Crippen molar-refractivity contribution >= 4 is 23.3 Å². The summed E-state index contributed by atoms with van der Waals surface area (Å²) in [5, 5.41) is 0. The Labute approximate surface area is 210 Å². The van der Waals surface area contributed by atoms with Crippen LogP contribution in [0.25, 0.3) is 0 Å². The van der Waals surface area contributed by atoms with Crippen LogP contribution in [0, 0.1) is 0 Å². The minimum atomic E-state index is -0.785. The molecule has 3 aromatic carbocycles. The summed E-state index contributed by atoms with van der Waals surface area (Å²) < 4.78 is 16.4. The third-order valence-electron chi connectivity index (χ3n) is 5.95. The van der Waals surface area contributed by atoms with E-state index in [9.17, 15) is 14.4 Å². The SMILES string of the molecule is COc1cccc(OCC(=O)c2ccc3c(c2)N(C(C)C(=O)N(C)Cc2ccccc2)C(=O)CO3)c1. The number of carbonyl (C=O) groups excluding carboxylic acids is 3. The summed E-state index contributed by atoms with van der Waals surface area (Å²) in [5.74, 6) is 0.702. The van der Waals surface area contributed by atoms with Crippen molar-refractivity contribution in [2.45, 2.75) is 19.5 Å². The van der Waals surface area contributed by atoms with Gasteiger partial charge in [0.2, 0.25) is 5.91 Å². The molecule has 0 bridgehead atoms. The molecule has 0 spiro atoms. The number of benzene rings is 3. The van der Waals surface area contributed by atoms with Crippen molar-refractivity contribution < 1.29 is 28.6 Å². The van der Waals surface area contributed by atoms with Crippen molar-refractivity contribution in [1.29, 1.82) is 0 Å². The van der Waals surface area contributed by atoms with E-state index in [2.05, 4.69) is 0 Å². The number of ketones is 1. The highest BCUT2D eigenvalue weighted by molar-refractivity contribution is 6.05. The van der Waals surface area contributed by atoms with Crippen molar-refractivity contribution in [1.82, 2.24) is 4.90 Å². The summed E-state index contributed by atoms with van der Waals surface area (Å²) >= 11 is 0. The number of ether oxygens (including phenoxy) is 3. The van der Waals surface area contributed by atoms with Crippen LogP contribution in [0.1, 0.15) is 22.8 Å². The van der Waals surface area contributed by atoms with E-state index in [1.165, 1.54) is 4.90 Å². The number of rotatable bonds is 9. The summed E-state index contributed by atoms with van der Waals surface area (Å²) in [5.41, 5.74) is 1.71. The van der Waals surface area contributed by atoms with Crippen LogP contribution in [0.15, 0.2) is 72.8 Å². The molecule has 0 aromatic heterocycles. The zero-order chi connectivity index (χ0) is 25.7. The minimum Gasteiger partial charge on any atom is -0.497 e. The fourth-order valence-electron chi connectivity index (χ4n) is 4.06. The van der Waals surface area contributed by atoms with Crippen LogP contribution in [0.5, 0.6) is 17.2 Å². The smallest absolute Gasteiger partial charge is 0.265 e. The first-order valence-corrected chi connectivity index (χ1v) is 11.5. The Morgan fingerprint density at radius 3 is 2.53 bits per heavy atom. The monoisotopic (exact) mass is 488 g/mol. The van der Waals surface area contributed by atoms with Gasteiger partial charge in [0.05, 0.1) is 12.8 Å². The van der Waals surface area contributed by atoms with Crippen LogP contribution in [-0.2, 0) is 16.1 Å². The van der Waals surface area contributed by atoms with E-state index in [0.29, 0.717) is 35.0 Å². The molecule has 1 unspecified atom stereocenters. The maximum absolute atomic E-state index is 13.2. The van der Waals surface area contributed by atoms with Crippen LogP contribution in [0.3, 0.4) is 0 Å². The Bertz CT molecular complexity index is 1260. The number of Topliss-reactive ketones (excluding diaryl/α,β-unsaturated/α-hetero) is 1. The normalized spacial score (nSPS) is 13.3. The highest BCUT2D eigenvalue weighted by Gasteiger charge is 2.35. The highest BCUT2D eigenvalue weighted by Crippen LogP contribution is 2.35. The first-order chi connectivity index (χ1) is 17.4. The number of anilines is 1. The van der Waals surface area contributed by atoms with Gasteiger partial charge in [0.15, 0.2) is 19.0 Å². The van der Waals surface area contributed by atoms with Crippen molar-refractivity contribution in [3.8, 4) is 17.2 Å². The number of carbonyl (C=O) groups is 3. The van der Waals surface area contributed by atoms with Gasteiger partial charge in [-0.25, -0.2) is 0 Å². The van der Waals surface area contributed by atoms with Crippen LogP contribution < -0.4 is 19.1 Å². The summed E-state index contributed by atoms with van der Waals surface area (Å²) in [6, 6.07) is 20.6. The van der Waals surface area contributed by atoms with E-state index in [1.54, 1.807) is 68.4 Å². The van der Waals surface area contributed by atoms with Gasteiger partial charge in [0.25, 0.3) is 5.91 Å². The molecule has 186 valence electrons.